The normalized spacial score (nSPS) is 11.5. The number of hydrazone groups is 1. The van der Waals surface area contributed by atoms with E-state index in [2.05, 4.69) is 15.8 Å². The van der Waals surface area contributed by atoms with Crippen LogP contribution in [0.15, 0.2) is 47.6 Å². The number of carbonyl (C=O) groups excluding carboxylic acids is 3. The Kier molecular flexibility index (Phi) is 9.15. The number of hydrogen-bond acceptors (Lipinski definition) is 7. The Morgan fingerprint density at radius 3 is 2.56 bits per heavy atom. The lowest BCUT2D eigenvalue weighted by Crippen LogP contribution is -2.34. The summed E-state index contributed by atoms with van der Waals surface area (Å²) in [4.78, 5) is 35.7. The first kappa shape index (κ1) is 24.3. The van der Waals surface area contributed by atoms with Gasteiger partial charge in [-0.25, -0.2) is 14.6 Å². The number of anilines is 1. The smallest absolute Gasteiger partial charge is 0.344 e. The second-order valence-corrected chi connectivity index (χ2v) is 6.43. The van der Waals surface area contributed by atoms with Gasteiger partial charge in [0.2, 0.25) is 5.91 Å². The van der Waals surface area contributed by atoms with E-state index in [1.165, 1.54) is 38.4 Å². The molecule has 0 saturated heterocycles. The fourth-order valence-corrected chi connectivity index (χ4v) is 2.41. The molecule has 0 fully saturated rings. The van der Waals surface area contributed by atoms with Crippen molar-refractivity contribution in [1.82, 2.24) is 5.43 Å². The number of nitrogens with zero attached hydrogens (tertiary/aromatic N) is 1. The molecular formula is C22H24FN3O6. The van der Waals surface area contributed by atoms with Crippen LogP contribution >= 0.6 is 0 Å². The summed E-state index contributed by atoms with van der Waals surface area (Å²) in [5, 5.41) is 6.18. The minimum atomic E-state index is -1.11. The molecule has 0 saturated carbocycles. The lowest BCUT2D eigenvalue weighted by atomic mass is 10.1. The number of halogens is 1. The van der Waals surface area contributed by atoms with Gasteiger partial charge in [0.15, 0.2) is 18.1 Å². The van der Waals surface area contributed by atoms with E-state index >= 15 is 0 Å². The molecule has 170 valence electrons. The maximum Gasteiger partial charge on any atom is 0.344 e. The largest absolute Gasteiger partial charge is 0.493 e. The van der Waals surface area contributed by atoms with E-state index in [1.54, 1.807) is 31.2 Å². The van der Waals surface area contributed by atoms with Gasteiger partial charge < -0.3 is 19.5 Å². The Balaban J connectivity index is 1.93. The molecule has 0 aromatic heterocycles. The average molecular weight is 445 g/mol. The Morgan fingerprint density at radius 2 is 1.88 bits per heavy atom. The third kappa shape index (κ3) is 7.08. The van der Waals surface area contributed by atoms with E-state index < -0.39 is 29.5 Å². The second-order valence-electron chi connectivity index (χ2n) is 6.43. The summed E-state index contributed by atoms with van der Waals surface area (Å²) in [7, 11) is 1.44. The highest BCUT2D eigenvalue weighted by atomic mass is 19.1. The van der Waals surface area contributed by atoms with Crippen molar-refractivity contribution in [2.24, 2.45) is 11.0 Å². The fourth-order valence-electron chi connectivity index (χ4n) is 2.41. The van der Waals surface area contributed by atoms with Crippen LogP contribution in [-0.4, -0.2) is 44.3 Å². The number of esters is 1. The Bertz CT molecular complexity index is 995. The monoisotopic (exact) mass is 445 g/mol. The quantitative estimate of drug-likeness (QED) is 0.251. The second kappa shape index (κ2) is 12.0. The summed E-state index contributed by atoms with van der Waals surface area (Å²) in [6, 6.07) is 10.4. The lowest BCUT2D eigenvalue weighted by Gasteiger charge is -2.11. The molecule has 2 rings (SSSR count). The number of methoxy groups -OCH3 is 1. The van der Waals surface area contributed by atoms with Crippen molar-refractivity contribution in [1.29, 1.82) is 0 Å². The minimum absolute atomic E-state index is 0.0157. The molecule has 10 heteroatoms. The molecule has 0 heterocycles. The van der Waals surface area contributed by atoms with Crippen molar-refractivity contribution < 1.29 is 33.0 Å². The van der Waals surface area contributed by atoms with Crippen molar-refractivity contribution in [2.75, 3.05) is 25.6 Å². The summed E-state index contributed by atoms with van der Waals surface area (Å²) in [6.45, 7) is 3.06. The number of benzene rings is 2. The Hall–Kier alpha value is -3.95. The van der Waals surface area contributed by atoms with E-state index in [-0.39, 0.29) is 18.9 Å². The van der Waals surface area contributed by atoms with E-state index in [9.17, 15) is 18.8 Å². The zero-order valence-electron chi connectivity index (χ0n) is 17.9. The molecule has 2 N–H and O–H groups in total. The van der Waals surface area contributed by atoms with Crippen LogP contribution in [0, 0.1) is 11.7 Å². The highest BCUT2D eigenvalue weighted by Gasteiger charge is 2.22. The van der Waals surface area contributed by atoms with Gasteiger partial charge in [-0.1, -0.05) is 12.1 Å². The predicted molar refractivity (Wildman–Crippen MR) is 115 cm³/mol. The van der Waals surface area contributed by atoms with Gasteiger partial charge in [0, 0.05) is 0 Å². The first-order chi connectivity index (χ1) is 15.3. The summed E-state index contributed by atoms with van der Waals surface area (Å²) in [5.74, 6) is -2.88. The van der Waals surface area contributed by atoms with Gasteiger partial charge in [-0.05, 0) is 49.7 Å². The zero-order chi connectivity index (χ0) is 23.5. The molecule has 0 aliphatic heterocycles. The molecule has 32 heavy (non-hydrogen) atoms. The highest BCUT2D eigenvalue weighted by molar-refractivity contribution is 6.06. The van der Waals surface area contributed by atoms with Crippen LogP contribution in [0.25, 0.3) is 0 Å². The minimum Gasteiger partial charge on any atom is -0.493 e. The van der Waals surface area contributed by atoms with Crippen LogP contribution in [0.5, 0.6) is 11.5 Å². The number of hydrogen-bond donors (Lipinski definition) is 2. The van der Waals surface area contributed by atoms with Crippen LogP contribution in [0.4, 0.5) is 10.1 Å². The van der Waals surface area contributed by atoms with E-state index in [4.69, 9.17) is 14.2 Å². The summed E-state index contributed by atoms with van der Waals surface area (Å²) in [6.07, 6.45) is 1.34. The van der Waals surface area contributed by atoms with Gasteiger partial charge in [0.05, 0.1) is 25.6 Å². The highest BCUT2D eigenvalue weighted by Crippen LogP contribution is 2.27. The van der Waals surface area contributed by atoms with Crippen molar-refractivity contribution in [3.8, 4) is 11.5 Å². The first-order valence-electron chi connectivity index (χ1n) is 9.70. The molecule has 1 atom stereocenters. The van der Waals surface area contributed by atoms with Gasteiger partial charge in [-0.3, -0.25) is 9.59 Å². The maximum atomic E-state index is 13.6. The molecule has 0 aliphatic carbocycles. The topological polar surface area (TPSA) is 115 Å². The van der Waals surface area contributed by atoms with Gasteiger partial charge in [0.1, 0.15) is 11.7 Å². The Labute approximate surface area is 184 Å². The average Bonchev–Trinajstić information content (AvgIpc) is 2.79. The first-order valence-corrected chi connectivity index (χ1v) is 9.70. The number of amides is 2. The van der Waals surface area contributed by atoms with Gasteiger partial charge in [-0.15, -0.1) is 0 Å². The van der Waals surface area contributed by atoms with E-state index in [1.807, 2.05) is 0 Å². The number of carbonyl (C=O) groups is 3. The lowest BCUT2D eigenvalue weighted by molar-refractivity contribution is -0.145. The third-order valence-corrected chi connectivity index (χ3v) is 4.15. The number of rotatable bonds is 10. The predicted octanol–water partition coefficient (Wildman–Crippen LogP) is 2.50. The zero-order valence-corrected chi connectivity index (χ0v) is 17.9. The number of nitrogens with one attached hydrogen (secondary N) is 2. The molecule has 0 aliphatic rings. The molecule has 2 amide bonds. The number of ether oxygens (including phenoxy) is 3. The van der Waals surface area contributed by atoms with Crippen molar-refractivity contribution >= 4 is 29.7 Å². The molecular weight excluding hydrogens is 421 g/mol. The summed E-state index contributed by atoms with van der Waals surface area (Å²) < 4.78 is 29.0. The molecule has 9 nitrogen and oxygen atoms in total. The molecule has 2 aromatic carbocycles. The maximum absolute atomic E-state index is 13.6. The SMILES string of the molecule is CCOC(=O)COc1ccc(C=NNC(=O)C(C)C(=O)Nc2ccccc2F)cc1OC. The fraction of sp³-hybridized carbons (Fsp3) is 0.273. The molecule has 0 radical (unpaired) electrons. The van der Waals surface area contributed by atoms with Crippen LogP contribution < -0.4 is 20.2 Å². The van der Waals surface area contributed by atoms with Gasteiger partial charge in [-0.2, -0.15) is 5.10 Å². The molecule has 0 bridgehead atoms. The van der Waals surface area contributed by atoms with Crippen molar-refractivity contribution in [2.45, 2.75) is 13.8 Å². The molecule has 1 unspecified atom stereocenters. The van der Waals surface area contributed by atoms with Crippen LogP contribution in [0.1, 0.15) is 19.4 Å². The third-order valence-electron chi connectivity index (χ3n) is 4.15. The Morgan fingerprint density at radius 1 is 1.12 bits per heavy atom. The molecule has 0 spiro atoms. The van der Waals surface area contributed by atoms with Crippen molar-refractivity contribution in [3.05, 3.63) is 53.8 Å². The van der Waals surface area contributed by atoms with Crippen molar-refractivity contribution in [3.63, 3.8) is 0 Å². The number of para-hydroxylation sites is 1. The van der Waals surface area contributed by atoms with Crippen LogP contribution in [-0.2, 0) is 19.1 Å². The standard InChI is InChI=1S/C22H24FN3O6/c1-4-31-20(27)13-32-18-10-9-15(11-19(18)30-3)12-24-26-22(29)14(2)21(28)25-17-8-6-5-7-16(17)23/h5-12,14H,4,13H2,1-3H3,(H,25,28)(H,26,29). The van der Waals surface area contributed by atoms with Crippen LogP contribution in [0.2, 0.25) is 0 Å². The van der Waals surface area contributed by atoms with Gasteiger partial charge >= 0.3 is 5.97 Å². The molecule has 2 aromatic rings. The van der Waals surface area contributed by atoms with Gasteiger partial charge in [0.25, 0.3) is 5.91 Å². The van der Waals surface area contributed by atoms with E-state index in [0.717, 1.165) is 0 Å². The summed E-state index contributed by atoms with van der Waals surface area (Å²) in [5.41, 5.74) is 2.81. The van der Waals surface area contributed by atoms with E-state index in [0.29, 0.717) is 17.1 Å². The summed E-state index contributed by atoms with van der Waals surface area (Å²) >= 11 is 0. The van der Waals surface area contributed by atoms with Crippen LogP contribution in [0.3, 0.4) is 0 Å².